The Labute approximate surface area is 146 Å². The molecule has 1 aromatic rings. The number of carbonyl (C=O) groups excluding carboxylic acids is 3. The average Bonchev–Trinajstić information content (AvgIpc) is 2.72. The lowest BCUT2D eigenvalue weighted by Crippen LogP contribution is -2.46. The van der Waals surface area contributed by atoms with E-state index in [0.29, 0.717) is 13.0 Å². The van der Waals surface area contributed by atoms with Crippen LogP contribution in [0.15, 0.2) is 30.3 Å². The van der Waals surface area contributed by atoms with Crippen LogP contribution in [0, 0.1) is 5.92 Å². The molecule has 1 unspecified atom stereocenters. The SMILES string of the molecule is O=C1CC(C(=O)N2CCC(c3ccccc3)S(=O)(=O)CC2)CC(=O)N1. The molecule has 0 bridgehead atoms. The Morgan fingerprint density at radius 2 is 1.68 bits per heavy atom. The zero-order valence-electron chi connectivity index (χ0n) is 13.7. The molecule has 3 amide bonds. The van der Waals surface area contributed by atoms with Crippen LogP contribution in [0.1, 0.15) is 30.1 Å². The number of sulfone groups is 1. The van der Waals surface area contributed by atoms with Crippen LogP contribution in [0.25, 0.3) is 0 Å². The number of piperidine rings is 1. The van der Waals surface area contributed by atoms with Gasteiger partial charge in [0.2, 0.25) is 17.7 Å². The Kier molecular flexibility index (Phi) is 4.89. The van der Waals surface area contributed by atoms with Crippen LogP contribution in [0.5, 0.6) is 0 Å². The van der Waals surface area contributed by atoms with Gasteiger partial charge in [0.15, 0.2) is 9.84 Å². The van der Waals surface area contributed by atoms with Gasteiger partial charge in [-0.2, -0.15) is 0 Å². The summed E-state index contributed by atoms with van der Waals surface area (Å²) in [6.07, 6.45) is 0.247. The van der Waals surface area contributed by atoms with Crippen molar-refractivity contribution in [2.45, 2.75) is 24.5 Å². The van der Waals surface area contributed by atoms with Gasteiger partial charge >= 0.3 is 0 Å². The van der Waals surface area contributed by atoms with Crippen LogP contribution in [-0.4, -0.2) is 49.9 Å². The number of benzene rings is 1. The van der Waals surface area contributed by atoms with Crippen LogP contribution < -0.4 is 5.32 Å². The second kappa shape index (κ2) is 6.95. The fourth-order valence-corrected chi connectivity index (χ4v) is 5.21. The van der Waals surface area contributed by atoms with Gasteiger partial charge in [-0.3, -0.25) is 19.7 Å². The predicted octanol–water partition coefficient (Wildman–Crippen LogP) is 0.428. The minimum Gasteiger partial charge on any atom is -0.341 e. The molecule has 0 aromatic heterocycles. The molecule has 0 saturated carbocycles. The van der Waals surface area contributed by atoms with Gasteiger partial charge in [-0.05, 0) is 12.0 Å². The van der Waals surface area contributed by atoms with Crippen molar-refractivity contribution in [3.63, 3.8) is 0 Å². The van der Waals surface area contributed by atoms with Crippen molar-refractivity contribution in [2.75, 3.05) is 18.8 Å². The van der Waals surface area contributed by atoms with Crippen molar-refractivity contribution in [2.24, 2.45) is 5.92 Å². The summed E-state index contributed by atoms with van der Waals surface area (Å²) < 4.78 is 25.2. The number of imide groups is 1. The number of hydrogen-bond acceptors (Lipinski definition) is 5. The molecule has 2 fully saturated rings. The van der Waals surface area contributed by atoms with E-state index in [0.717, 1.165) is 5.56 Å². The van der Waals surface area contributed by atoms with Gasteiger partial charge in [-0.25, -0.2) is 8.42 Å². The summed E-state index contributed by atoms with van der Waals surface area (Å²) in [5.41, 5.74) is 0.726. The van der Waals surface area contributed by atoms with Crippen molar-refractivity contribution < 1.29 is 22.8 Å². The largest absolute Gasteiger partial charge is 0.341 e. The third kappa shape index (κ3) is 3.89. The highest BCUT2D eigenvalue weighted by molar-refractivity contribution is 7.91. The summed E-state index contributed by atoms with van der Waals surface area (Å²) in [7, 11) is -3.37. The zero-order chi connectivity index (χ0) is 18.0. The molecule has 25 heavy (non-hydrogen) atoms. The monoisotopic (exact) mass is 364 g/mol. The Bertz CT molecular complexity index is 775. The molecule has 134 valence electrons. The highest BCUT2D eigenvalue weighted by Crippen LogP contribution is 2.30. The molecule has 2 aliphatic rings. The second-order valence-electron chi connectivity index (χ2n) is 6.46. The Morgan fingerprint density at radius 3 is 2.32 bits per heavy atom. The Morgan fingerprint density at radius 1 is 1.04 bits per heavy atom. The topological polar surface area (TPSA) is 101 Å². The summed E-state index contributed by atoms with van der Waals surface area (Å²) in [6, 6.07) is 8.98. The van der Waals surface area contributed by atoms with Crippen molar-refractivity contribution >= 4 is 27.6 Å². The van der Waals surface area contributed by atoms with E-state index in [1.165, 1.54) is 4.90 Å². The molecule has 3 rings (SSSR count). The van der Waals surface area contributed by atoms with E-state index < -0.39 is 32.8 Å². The maximum absolute atomic E-state index is 12.7. The van der Waals surface area contributed by atoms with E-state index in [2.05, 4.69) is 5.32 Å². The van der Waals surface area contributed by atoms with E-state index in [9.17, 15) is 22.8 Å². The normalized spacial score (nSPS) is 24.5. The quantitative estimate of drug-likeness (QED) is 0.767. The Balaban J connectivity index is 1.75. The fraction of sp³-hybridized carbons (Fsp3) is 0.471. The maximum atomic E-state index is 12.7. The van der Waals surface area contributed by atoms with Crippen LogP contribution in [-0.2, 0) is 24.2 Å². The molecule has 2 heterocycles. The maximum Gasteiger partial charge on any atom is 0.227 e. The number of hydrogen-bond donors (Lipinski definition) is 1. The lowest BCUT2D eigenvalue weighted by Gasteiger charge is -2.27. The summed E-state index contributed by atoms with van der Waals surface area (Å²) in [6.45, 7) is 0.390. The molecule has 2 saturated heterocycles. The molecule has 0 radical (unpaired) electrons. The van der Waals surface area contributed by atoms with Crippen LogP contribution in [0.4, 0.5) is 0 Å². The first-order valence-corrected chi connectivity index (χ1v) is 9.96. The third-order valence-corrected chi connectivity index (χ3v) is 6.84. The molecule has 1 aromatic carbocycles. The van der Waals surface area contributed by atoms with Gasteiger partial charge in [0.05, 0.1) is 16.9 Å². The molecule has 0 spiro atoms. The first kappa shape index (κ1) is 17.6. The van der Waals surface area contributed by atoms with Gasteiger partial charge in [0.25, 0.3) is 0 Å². The average molecular weight is 364 g/mol. The van der Waals surface area contributed by atoms with Gasteiger partial charge in [0, 0.05) is 25.9 Å². The molecule has 1 atom stereocenters. The van der Waals surface area contributed by atoms with Crippen molar-refractivity contribution in [3.05, 3.63) is 35.9 Å². The number of amides is 3. The summed E-state index contributed by atoms with van der Waals surface area (Å²) in [5, 5.41) is 1.54. The lowest BCUT2D eigenvalue weighted by atomic mass is 9.95. The van der Waals surface area contributed by atoms with Crippen molar-refractivity contribution in [3.8, 4) is 0 Å². The zero-order valence-corrected chi connectivity index (χ0v) is 14.5. The molecule has 0 aliphatic carbocycles. The summed E-state index contributed by atoms with van der Waals surface area (Å²) in [4.78, 5) is 37.1. The van der Waals surface area contributed by atoms with E-state index in [1.807, 2.05) is 6.07 Å². The van der Waals surface area contributed by atoms with E-state index >= 15 is 0 Å². The van der Waals surface area contributed by atoms with Crippen LogP contribution in [0.2, 0.25) is 0 Å². The molecular weight excluding hydrogens is 344 g/mol. The van der Waals surface area contributed by atoms with Crippen LogP contribution >= 0.6 is 0 Å². The van der Waals surface area contributed by atoms with Gasteiger partial charge in [-0.1, -0.05) is 30.3 Å². The molecular formula is C17H20N2O5S. The van der Waals surface area contributed by atoms with Crippen molar-refractivity contribution in [1.82, 2.24) is 10.2 Å². The molecule has 7 nitrogen and oxygen atoms in total. The summed E-state index contributed by atoms with van der Waals surface area (Å²) in [5.74, 6) is -2.05. The minimum absolute atomic E-state index is 0.0318. The number of rotatable bonds is 2. The van der Waals surface area contributed by atoms with Gasteiger partial charge in [-0.15, -0.1) is 0 Å². The number of nitrogens with one attached hydrogen (secondary N) is 1. The third-order valence-electron chi connectivity index (χ3n) is 4.72. The molecule has 8 heteroatoms. The second-order valence-corrected chi connectivity index (χ2v) is 8.76. The summed E-state index contributed by atoms with van der Waals surface area (Å²) >= 11 is 0. The number of nitrogens with zero attached hydrogens (tertiary/aromatic N) is 1. The first-order valence-electron chi connectivity index (χ1n) is 8.25. The highest BCUT2D eigenvalue weighted by Gasteiger charge is 2.37. The Hall–Kier alpha value is -2.22. The van der Waals surface area contributed by atoms with Gasteiger partial charge in [0.1, 0.15) is 0 Å². The van der Waals surface area contributed by atoms with E-state index in [1.54, 1.807) is 24.3 Å². The van der Waals surface area contributed by atoms with Crippen molar-refractivity contribution in [1.29, 1.82) is 0 Å². The molecule has 1 N–H and O–H groups in total. The van der Waals surface area contributed by atoms with E-state index in [4.69, 9.17) is 0 Å². The minimum atomic E-state index is -3.37. The number of carbonyl (C=O) groups is 3. The highest BCUT2D eigenvalue weighted by atomic mass is 32.2. The standard InChI is InChI=1S/C17H20N2O5S/c20-15-10-13(11-16(21)18-15)17(22)19-7-6-14(25(23,24)9-8-19)12-4-2-1-3-5-12/h1-5,13-14H,6-11H2,(H,18,20,21). The fourth-order valence-electron chi connectivity index (χ4n) is 3.42. The predicted molar refractivity (Wildman–Crippen MR) is 90.0 cm³/mol. The van der Waals surface area contributed by atoms with E-state index in [-0.39, 0.29) is 31.0 Å². The lowest BCUT2D eigenvalue weighted by molar-refractivity contribution is -0.145. The smallest absolute Gasteiger partial charge is 0.227 e. The van der Waals surface area contributed by atoms with Crippen LogP contribution in [0.3, 0.4) is 0 Å². The molecule has 2 aliphatic heterocycles. The first-order chi connectivity index (χ1) is 11.9. The van der Waals surface area contributed by atoms with Gasteiger partial charge < -0.3 is 4.90 Å².